The maximum Gasteiger partial charge on any atom is 0.198 e. The first-order valence-corrected chi connectivity index (χ1v) is 9.46. The van der Waals surface area contributed by atoms with Crippen LogP contribution in [0.15, 0.2) is 0 Å². The lowest BCUT2D eigenvalue weighted by Gasteiger charge is -2.21. The molecule has 1 aromatic carbocycles. The molecule has 2 atom stereocenters. The van der Waals surface area contributed by atoms with Gasteiger partial charge >= 0.3 is 0 Å². The van der Waals surface area contributed by atoms with E-state index in [1.165, 1.54) is 0 Å². The first-order chi connectivity index (χ1) is 12.4. The summed E-state index contributed by atoms with van der Waals surface area (Å²) in [7, 11) is 0. The van der Waals surface area contributed by atoms with Crippen LogP contribution in [0.2, 0.25) is 0 Å². The summed E-state index contributed by atoms with van der Waals surface area (Å²) in [5.74, 6) is 1.01. The third-order valence-electron chi connectivity index (χ3n) is 5.12. The molecular weight excluding hydrogens is 324 g/mol. The molecule has 4 heteroatoms. The molecule has 0 saturated carbocycles. The maximum atomic E-state index is 7.50. The zero-order chi connectivity index (χ0) is 19.7. The standard InChI is InChI=1S/C22H32N2O2/c1-9-15(3)11-25-13-19-17(5)21(23-7)22(24-8)18(6)20(19)14-26-12-16(4)10-2/h15-16H,9-14H2,1-6H3/t15-,16-/m0/s1. The molecule has 4 nitrogen and oxygen atoms in total. The minimum absolute atomic E-state index is 0.449. The van der Waals surface area contributed by atoms with Crippen molar-refractivity contribution in [1.82, 2.24) is 0 Å². The van der Waals surface area contributed by atoms with Crippen LogP contribution in [0.1, 0.15) is 62.8 Å². The molecular formula is C22H32N2O2. The van der Waals surface area contributed by atoms with Gasteiger partial charge < -0.3 is 9.47 Å². The zero-order valence-corrected chi connectivity index (χ0v) is 17.1. The third-order valence-corrected chi connectivity index (χ3v) is 5.12. The van der Waals surface area contributed by atoms with Crippen molar-refractivity contribution in [3.63, 3.8) is 0 Å². The summed E-state index contributed by atoms with van der Waals surface area (Å²) in [5, 5.41) is 0. The Bertz CT molecular complexity index is 624. The zero-order valence-electron chi connectivity index (χ0n) is 17.1. The monoisotopic (exact) mass is 356 g/mol. The lowest BCUT2D eigenvalue weighted by Crippen LogP contribution is -2.11. The van der Waals surface area contributed by atoms with Gasteiger partial charge in [-0.25, -0.2) is 9.69 Å². The summed E-state index contributed by atoms with van der Waals surface area (Å²) >= 11 is 0. The van der Waals surface area contributed by atoms with Gasteiger partial charge in [-0.05, 0) is 23.0 Å². The van der Waals surface area contributed by atoms with E-state index in [0.29, 0.717) is 49.6 Å². The summed E-state index contributed by atoms with van der Waals surface area (Å²) in [6.07, 6.45) is 2.15. The van der Waals surface area contributed by atoms with Crippen molar-refractivity contribution in [3.8, 4) is 0 Å². The Labute approximate surface area is 159 Å². The van der Waals surface area contributed by atoms with Crippen LogP contribution in [0.4, 0.5) is 11.4 Å². The quantitative estimate of drug-likeness (QED) is 0.446. The van der Waals surface area contributed by atoms with E-state index < -0.39 is 0 Å². The van der Waals surface area contributed by atoms with Crippen LogP contribution >= 0.6 is 0 Å². The average molecular weight is 357 g/mol. The fourth-order valence-electron chi connectivity index (χ4n) is 2.72. The van der Waals surface area contributed by atoms with Gasteiger partial charge in [0.05, 0.1) is 26.4 Å². The largest absolute Gasteiger partial charge is 0.377 e. The first kappa shape index (κ1) is 22.2. The van der Waals surface area contributed by atoms with Gasteiger partial charge in [-0.1, -0.05) is 65.5 Å². The molecule has 0 aromatic heterocycles. The molecule has 1 aromatic rings. The van der Waals surface area contributed by atoms with Gasteiger partial charge in [-0.2, -0.15) is 0 Å². The van der Waals surface area contributed by atoms with E-state index in [2.05, 4.69) is 37.4 Å². The van der Waals surface area contributed by atoms with Crippen molar-refractivity contribution in [1.29, 1.82) is 0 Å². The molecule has 0 amide bonds. The Morgan fingerprint density at radius 2 is 1.12 bits per heavy atom. The molecule has 0 heterocycles. The van der Waals surface area contributed by atoms with Crippen LogP contribution in [0.5, 0.6) is 0 Å². The topological polar surface area (TPSA) is 27.2 Å². The SMILES string of the molecule is [C-]#[N+]c1c(C)c(COC[C@@H](C)CC)c(COC[C@@H](C)CC)c(C)c1[N+]#[C-]. The number of nitrogens with zero attached hydrogens (tertiary/aromatic N) is 2. The highest BCUT2D eigenvalue weighted by atomic mass is 16.5. The van der Waals surface area contributed by atoms with Crippen molar-refractivity contribution < 1.29 is 9.47 Å². The van der Waals surface area contributed by atoms with Gasteiger partial charge in [0.15, 0.2) is 11.4 Å². The smallest absolute Gasteiger partial charge is 0.198 e. The van der Waals surface area contributed by atoms with E-state index >= 15 is 0 Å². The highest BCUT2D eigenvalue weighted by molar-refractivity contribution is 5.80. The molecule has 0 aliphatic carbocycles. The average Bonchev–Trinajstić information content (AvgIpc) is 2.65. The van der Waals surface area contributed by atoms with Gasteiger partial charge in [-0.15, -0.1) is 0 Å². The van der Waals surface area contributed by atoms with E-state index in [0.717, 1.165) is 35.1 Å². The first-order valence-electron chi connectivity index (χ1n) is 9.46. The highest BCUT2D eigenvalue weighted by Crippen LogP contribution is 2.40. The third kappa shape index (κ3) is 5.56. The van der Waals surface area contributed by atoms with Crippen molar-refractivity contribution in [2.75, 3.05) is 13.2 Å². The Morgan fingerprint density at radius 3 is 1.38 bits per heavy atom. The predicted molar refractivity (Wildman–Crippen MR) is 107 cm³/mol. The molecule has 1 rings (SSSR count). The van der Waals surface area contributed by atoms with Crippen LogP contribution in [-0.2, 0) is 22.7 Å². The number of hydrogen-bond donors (Lipinski definition) is 0. The van der Waals surface area contributed by atoms with Crippen LogP contribution in [0.3, 0.4) is 0 Å². The van der Waals surface area contributed by atoms with Gasteiger partial charge in [0.25, 0.3) is 0 Å². The minimum atomic E-state index is 0.449. The molecule has 0 fully saturated rings. The molecule has 142 valence electrons. The normalized spacial score (nSPS) is 13.1. The maximum absolute atomic E-state index is 7.50. The summed E-state index contributed by atoms with van der Waals surface area (Å²) in [6.45, 7) is 29.8. The summed E-state index contributed by atoms with van der Waals surface area (Å²) in [5.41, 5.74) is 4.61. The summed E-state index contributed by atoms with van der Waals surface area (Å²) in [6, 6.07) is 0. The van der Waals surface area contributed by atoms with E-state index in [4.69, 9.17) is 22.6 Å². The Morgan fingerprint density at radius 1 is 0.769 bits per heavy atom. The van der Waals surface area contributed by atoms with Crippen LogP contribution in [0.25, 0.3) is 9.69 Å². The van der Waals surface area contributed by atoms with Crippen LogP contribution in [-0.4, -0.2) is 13.2 Å². The molecule has 0 aliphatic rings. The van der Waals surface area contributed by atoms with Crippen molar-refractivity contribution in [2.24, 2.45) is 11.8 Å². The second-order valence-corrected chi connectivity index (χ2v) is 7.19. The van der Waals surface area contributed by atoms with Crippen LogP contribution < -0.4 is 0 Å². The second kappa shape index (κ2) is 11.0. The highest BCUT2D eigenvalue weighted by Gasteiger charge is 2.20. The molecule has 0 unspecified atom stereocenters. The molecule has 26 heavy (non-hydrogen) atoms. The molecule has 0 N–H and O–H groups in total. The molecule has 0 spiro atoms. The number of rotatable bonds is 10. The fraction of sp³-hybridized carbons (Fsp3) is 0.636. The number of ether oxygens (including phenoxy) is 2. The number of benzene rings is 1. The van der Waals surface area contributed by atoms with Crippen LogP contribution in [0, 0.1) is 38.8 Å². The minimum Gasteiger partial charge on any atom is -0.377 e. The van der Waals surface area contributed by atoms with Gasteiger partial charge in [-0.3, -0.25) is 0 Å². The fourth-order valence-corrected chi connectivity index (χ4v) is 2.72. The van der Waals surface area contributed by atoms with Crippen molar-refractivity contribution in [2.45, 2.75) is 67.6 Å². The van der Waals surface area contributed by atoms with E-state index in [1.54, 1.807) is 0 Å². The van der Waals surface area contributed by atoms with Crippen molar-refractivity contribution >= 4 is 11.4 Å². The molecule has 0 radical (unpaired) electrons. The second-order valence-electron chi connectivity index (χ2n) is 7.19. The lowest BCUT2D eigenvalue weighted by molar-refractivity contribution is 0.0787. The predicted octanol–water partition coefficient (Wildman–Crippen LogP) is 6.53. The Hall–Kier alpha value is -1.88. The van der Waals surface area contributed by atoms with Gasteiger partial charge in [0, 0.05) is 13.2 Å². The van der Waals surface area contributed by atoms with E-state index in [9.17, 15) is 0 Å². The van der Waals surface area contributed by atoms with E-state index in [-0.39, 0.29) is 0 Å². The Balaban J connectivity index is 3.19. The Kier molecular flexibility index (Phi) is 9.35. The molecule has 0 saturated heterocycles. The summed E-state index contributed by atoms with van der Waals surface area (Å²) in [4.78, 5) is 7.25. The van der Waals surface area contributed by atoms with Gasteiger partial charge in [0.2, 0.25) is 0 Å². The molecule has 0 bridgehead atoms. The van der Waals surface area contributed by atoms with E-state index in [1.807, 2.05) is 13.8 Å². The van der Waals surface area contributed by atoms with Crippen molar-refractivity contribution in [3.05, 3.63) is 45.1 Å². The lowest BCUT2D eigenvalue weighted by atomic mass is 9.94. The summed E-state index contributed by atoms with van der Waals surface area (Å²) < 4.78 is 11.9. The molecule has 0 aliphatic heterocycles. The number of hydrogen-bond acceptors (Lipinski definition) is 2. The van der Waals surface area contributed by atoms with Gasteiger partial charge in [0.1, 0.15) is 0 Å².